The van der Waals surface area contributed by atoms with Crippen LogP contribution in [0.3, 0.4) is 0 Å². The summed E-state index contributed by atoms with van der Waals surface area (Å²) in [4.78, 5) is 15.9. The van der Waals surface area contributed by atoms with Crippen LogP contribution in [-0.4, -0.2) is 34.3 Å². The van der Waals surface area contributed by atoms with Gasteiger partial charge < -0.3 is 14.4 Å². The minimum absolute atomic E-state index is 0.350. The van der Waals surface area contributed by atoms with E-state index in [4.69, 9.17) is 9.52 Å². The highest BCUT2D eigenvalue weighted by Gasteiger charge is 2.05. The van der Waals surface area contributed by atoms with E-state index in [2.05, 4.69) is 15.5 Å². The lowest BCUT2D eigenvalue weighted by atomic mass is 10.1. The second kappa shape index (κ2) is 7.98. The number of hydrogen-bond acceptors (Lipinski definition) is 5. The van der Waals surface area contributed by atoms with Gasteiger partial charge in [0.25, 0.3) is 0 Å². The number of aromatic nitrogens is 1. The number of hydrogen-bond donors (Lipinski definition) is 2. The van der Waals surface area contributed by atoms with Crippen molar-refractivity contribution in [3.8, 4) is 11.3 Å². The second-order valence-electron chi connectivity index (χ2n) is 5.69. The van der Waals surface area contributed by atoms with Crippen molar-refractivity contribution in [3.05, 3.63) is 72.2 Å². The van der Waals surface area contributed by atoms with Crippen LogP contribution < -0.4 is 5.43 Å². The van der Waals surface area contributed by atoms with E-state index >= 15 is 0 Å². The molecule has 3 rings (SSSR count). The average Bonchev–Trinajstić information content (AvgIpc) is 3.18. The maximum atomic E-state index is 10.8. The molecule has 0 spiro atoms. The Labute approximate surface area is 150 Å². The van der Waals surface area contributed by atoms with Gasteiger partial charge in [-0.1, -0.05) is 24.3 Å². The van der Waals surface area contributed by atoms with E-state index in [1.165, 1.54) is 18.3 Å². The maximum Gasteiger partial charge on any atom is 0.407 e. The van der Waals surface area contributed by atoms with Crippen LogP contribution in [0.25, 0.3) is 11.3 Å². The van der Waals surface area contributed by atoms with Crippen LogP contribution in [0, 0.1) is 0 Å². The molecule has 7 heteroatoms. The molecule has 0 atom stereocenters. The van der Waals surface area contributed by atoms with E-state index in [-0.39, 0.29) is 0 Å². The highest BCUT2D eigenvalue weighted by Crippen LogP contribution is 2.20. The number of amides is 1. The third-order valence-electron chi connectivity index (χ3n) is 3.74. The van der Waals surface area contributed by atoms with Crippen LogP contribution >= 0.6 is 0 Å². The predicted molar refractivity (Wildman–Crippen MR) is 99.1 cm³/mol. The smallest absolute Gasteiger partial charge is 0.407 e. The predicted octanol–water partition coefficient (Wildman–Crippen LogP) is 3.90. The van der Waals surface area contributed by atoms with Gasteiger partial charge in [-0.2, -0.15) is 5.10 Å². The molecule has 0 unspecified atom stereocenters. The first-order valence-electron chi connectivity index (χ1n) is 7.93. The van der Waals surface area contributed by atoms with Gasteiger partial charge in [-0.15, -0.1) is 0 Å². The SMILES string of the molecule is CN(Cc1ccc(C=NNc2ccc(-c3cnco3)cc2)cc1)C(=O)O. The van der Waals surface area contributed by atoms with Gasteiger partial charge in [0, 0.05) is 19.2 Å². The summed E-state index contributed by atoms with van der Waals surface area (Å²) < 4.78 is 5.25. The molecule has 0 saturated carbocycles. The highest BCUT2D eigenvalue weighted by molar-refractivity contribution is 5.80. The summed E-state index contributed by atoms with van der Waals surface area (Å²) in [6, 6.07) is 15.2. The number of nitrogens with zero attached hydrogens (tertiary/aromatic N) is 3. The Morgan fingerprint density at radius 1 is 1.23 bits per heavy atom. The van der Waals surface area contributed by atoms with Crippen LogP contribution in [0.1, 0.15) is 11.1 Å². The Morgan fingerprint density at radius 3 is 2.58 bits per heavy atom. The number of benzene rings is 2. The van der Waals surface area contributed by atoms with Crippen LogP contribution in [0.5, 0.6) is 0 Å². The molecule has 2 N–H and O–H groups in total. The average molecular weight is 350 g/mol. The fourth-order valence-electron chi connectivity index (χ4n) is 2.30. The molecular formula is C19H18N4O3. The lowest BCUT2D eigenvalue weighted by molar-refractivity contribution is 0.154. The molecule has 1 aromatic heterocycles. The van der Waals surface area contributed by atoms with Crippen LogP contribution in [0.4, 0.5) is 10.5 Å². The van der Waals surface area contributed by atoms with Gasteiger partial charge in [-0.05, 0) is 35.4 Å². The first kappa shape index (κ1) is 17.2. The minimum Gasteiger partial charge on any atom is -0.465 e. The van der Waals surface area contributed by atoms with Gasteiger partial charge in [0.15, 0.2) is 12.2 Å². The lowest BCUT2D eigenvalue weighted by Gasteiger charge is -2.12. The second-order valence-corrected chi connectivity index (χ2v) is 5.69. The number of anilines is 1. The number of oxazole rings is 1. The van der Waals surface area contributed by atoms with Gasteiger partial charge in [-0.25, -0.2) is 9.78 Å². The first-order valence-corrected chi connectivity index (χ1v) is 7.93. The number of nitrogens with one attached hydrogen (secondary N) is 1. The van der Waals surface area contributed by atoms with Crippen molar-refractivity contribution in [2.24, 2.45) is 5.10 Å². The number of hydrazone groups is 1. The topological polar surface area (TPSA) is 91.0 Å². The molecule has 7 nitrogen and oxygen atoms in total. The zero-order valence-corrected chi connectivity index (χ0v) is 14.2. The van der Waals surface area contributed by atoms with Gasteiger partial charge in [-0.3, -0.25) is 5.43 Å². The highest BCUT2D eigenvalue weighted by atomic mass is 16.4. The van der Waals surface area contributed by atoms with Crippen molar-refractivity contribution in [1.29, 1.82) is 0 Å². The number of carboxylic acid groups (broad SMARTS) is 1. The van der Waals surface area contributed by atoms with Crippen molar-refractivity contribution < 1.29 is 14.3 Å². The Balaban J connectivity index is 1.56. The molecule has 3 aromatic rings. The first-order chi connectivity index (χ1) is 12.6. The molecule has 1 heterocycles. The molecule has 1 amide bonds. The Morgan fingerprint density at radius 2 is 1.96 bits per heavy atom. The largest absolute Gasteiger partial charge is 0.465 e. The summed E-state index contributed by atoms with van der Waals surface area (Å²) in [7, 11) is 1.54. The van der Waals surface area contributed by atoms with Gasteiger partial charge in [0.05, 0.1) is 18.1 Å². The zero-order valence-electron chi connectivity index (χ0n) is 14.2. The Hall–Kier alpha value is -3.61. The molecule has 0 aliphatic rings. The quantitative estimate of drug-likeness (QED) is 0.520. The van der Waals surface area contributed by atoms with Crippen molar-refractivity contribution in [2.75, 3.05) is 12.5 Å². The third kappa shape index (κ3) is 4.47. The zero-order chi connectivity index (χ0) is 18.4. The van der Waals surface area contributed by atoms with Crippen LogP contribution in [0.2, 0.25) is 0 Å². The van der Waals surface area contributed by atoms with Crippen molar-refractivity contribution in [2.45, 2.75) is 6.54 Å². The fourth-order valence-corrected chi connectivity index (χ4v) is 2.30. The fraction of sp³-hybridized carbons (Fsp3) is 0.105. The molecule has 0 bridgehead atoms. The summed E-state index contributed by atoms with van der Waals surface area (Å²) in [6.07, 6.45) is 3.82. The van der Waals surface area contributed by atoms with Gasteiger partial charge in [0.1, 0.15) is 0 Å². The molecule has 0 aliphatic heterocycles. The van der Waals surface area contributed by atoms with E-state index in [1.807, 2.05) is 48.5 Å². The number of rotatable bonds is 6. The van der Waals surface area contributed by atoms with Crippen LogP contribution in [-0.2, 0) is 6.54 Å². The van der Waals surface area contributed by atoms with E-state index in [0.717, 1.165) is 22.4 Å². The lowest BCUT2D eigenvalue weighted by Crippen LogP contribution is -2.23. The van der Waals surface area contributed by atoms with E-state index in [1.54, 1.807) is 12.4 Å². The van der Waals surface area contributed by atoms with E-state index < -0.39 is 6.09 Å². The van der Waals surface area contributed by atoms with E-state index in [9.17, 15) is 4.79 Å². The summed E-state index contributed by atoms with van der Waals surface area (Å²) in [5.74, 6) is 0.716. The third-order valence-corrected chi connectivity index (χ3v) is 3.74. The summed E-state index contributed by atoms with van der Waals surface area (Å²) in [5.41, 5.74) is 6.59. The molecule has 0 fully saturated rings. The molecule has 26 heavy (non-hydrogen) atoms. The monoisotopic (exact) mass is 350 g/mol. The summed E-state index contributed by atoms with van der Waals surface area (Å²) in [5, 5.41) is 13.1. The van der Waals surface area contributed by atoms with E-state index in [0.29, 0.717) is 12.3 Å². The standard InChI is InChI=1S/C19H18N4O3/c1-23(19(24)25)12-15-4-2-14(3-5-15)10-21-22-17-8-6-16(7-9-17)18-11-20-13-26-18/h2-11,13,22H,12H2,1H3,(H,24,25). The normalized spacial score (nSPS) is 10.8. The minimum atomic E-state index is -0.950. The van der Waals surface area contributed by atoms with Gasteiger partial charge in [0.2, 0.25) is 0 Å². The van der Waals surface area contributed by atoms with Crippen molar-refractivity contribution >= 4 is 18.0 Å². The number of carbonyl (C=O) groups is 1. The maximum absolute atomic E-state index is 10.8. The van der Waals surface area contributed by atoms with Crippen LogP contribution in [0.15, 0.2) is 70.6 Å². The summed E-state index contributed by atoms with van der Waals surface area (Å²) >= 11 is 0. The molecule has 2 aromatic carbocycles. The van der Waals surface area contributed by atoms with Crippen molar-refractivity contribution in [3.63, 3.8) is 0 Å². The molecule has 0 radical (unpaired) electrons. The Kier molecular flexibility index (Phi) is 5.28. The van der Waals surface area contributed by atoms with Gasteiger partial charge >= 0.3 is 6.09 Å². The summed E-state index contributed by atoms with van der Waals surface area (Å²) in [6.45, 7) is 0.350. The molecular weight excluding hydrogens is 332 g/mol. The molecule has 132 valence electrons. The Bertz CT molecular complexity index is 872. The van der Waals surface area contributed by atoms with Crippen molar-refractivity contribution in [1.82, 2.24) is 9.88 Å². The molecule has 0 aliphatic carbocycles. The molecule has 0 saturated heterocycles.